The van der Waals surface area contributed by atoms with Crippen molar-refractivity contribution in [1.29, 1.82) is 0 Å². The Morgan fingerprint density at radius 2 is 2.16 bits per heavy atom. The van der Waals surface area contributed by atoms with Crippen LogP contribution in [0.5, 0.6) is 5.75 Å². The number of rotatable bonds is 4. The summed E-state index contributed by atoms with van der Waals surface area (Å²) in [6.07, 6.45) is 3.10. The highest BCUT2D eigenvalue weighted by Crippen LogP contribution is 2.30. The number of amides is 1. The maximum atomic E-state index is 13.8. The van der Waals surface area contributed by atoms with Crippen molar-refractivity contribution in [3.05, 3.63) is 70.0 Å². The Kier molecular flexibility index (Phi) is 5.36. The molecule has 0 aromatic heterocycles. The highest BCUT2D eigenvalue weighted by atomic mass is 35.5. The van der Waals surface area contributed by atoms with Gasteiger partial charge in [-0.2, -0.15) is 0 Å². The Hall–Kier alpha value is -2.37. The fraction of sp³-hybridized carbons (Fsp3) is 0.211. The Balaban J connectivity index is 1.74. The van der Waals surface area contributed by atoms with E-state index < -0.39 is 0 Å². The van der Waals surface area contributed by atoms with Gasteiger partial charge in [-0.05, 0) is 29.8 Å². The molecule has 25 heavy (non-hydrogen) atoms. The molecule has 1 heterocycles. The molecule has 0 atom stereocenters. The SMILES string of the molecule is CN(Cc1cc(F)cc2c1OCOC2)C(=O)/C=C/c1ccccc1Cl. The van der Waals surface area contributed by atoms with Crippen LogP contribution < -0.4 is 4.74 Å². The van der Waals surface area contributed by atoms with E-state index in [-0.39, 0.29) is 25.1 Å². The maximum absolute atomic E-state index is 13.8. The van der Waals surface area contributed by atoms with Gasteiger partial charge >= 0.3 is 0 Å². The minimum Gasteiger partial charge on any atom is -0.467 e. The molecule has 1 amide bonds. The van der Waals surface area contributed by atoms with E-state index in [4.69, 9.17) is 21.1 Å². The van der Waals surface area contributed by atoms with E-state index in [1.54, 1.807) is 19.2 Å². The molecule has 2 aromatic carbocycles. The first-order valence-corrected chi connectivity index (χ1v) is 8.12. The summed E-state index contributed by atoms with van der Waals surface area (Å²) in [6, 6.07) is 10.0. The van der Waals surface area contributed by atoms with Gasteiger partial charge in [-0.3, -0.25) is 4.79 Å². The summed E-state index contributed by atoms with van der Waals surface area (Å²) in [7, 11) is 1.65. The number of fused-ring (bicyclic) bond motifs is 1. The van der Waals surface area contributed by atoms with E-state index in [1.165, 1.54) is 23.1 Å². The van der Waals surface area contributed by atoms with Crippen molar-refractivity contribution in [3.8, 4) is 5.75 Å². The molecule has 6 heteroatoms. The highest BCUT2D eigenvalue weighted by molar-refractivity contribution is 6.32. The van der Waals surface area contributed by atoms with Crippen LogP contribution in [0, 0.1) is 5.82 Å². The van der Waals surface area contributed by atoms with Gasteiger partial charge in [0, 0.05) is 35.8 Å². The molecule has 0 N–H and O–H groups in total. The average Bonchev–Trinajstić information content (AvgIpc) is 2.60. The minimum absolute atomic E-state index is 0.121. The standard InChI is InChI=1S/C19H17ClFNO3/c1-22(18(23)7-6-13-4-2-3-5-17(13)20)10-14-8-16(21)9-15-11-24-12-25-19(14)15/h2-9H,10-12H2,1H3/b7-6+. The molecule has 2 aromatic rings. The molecule has 0 bridgehead atoms. The topological polar surface area (TPSA) is 38.8 Å². The maximum Gasteiger partial charge on any atom is 0.246 e. The summed E-state index contributed by atoms with van der Waals surface area (Å²) in [5.74, 6) is -0.0114. The number of carbonyl (C=O) groups excluding carboxylic acids is 1. The van der Waals surface area contributed by atoms with Crippen molar-refractivity contribution in [2.75, 3.05) is 13.8 Å². The first-order valence-electron chi connectivity index (χ1n) is 7.74. The van der Waals surface area contributed by atoms with Gasteiger partial charge in [0.2, 0.25) is 5.91 Å². The van der Waals surface area contributed by atoms with Crippen LogP contribution in [-0.4, -0.2) is 24.6 Å². The number of halogens is 2. The van der Waals surface area contributed by atoms with Crippen LogP contribution in [0.25, 0.3) is 6.08 Å². The summed E-state index contributed by atoms with van der Waals surface area (Å²) in [5, 5.41) is 0.571. The molecule has 4 nitrogen and oxygen atoms in total. The van der Waals surface area contributed by atoms with E-state index >= 15 is 0 Å². The number of likely N-dealkylation sites (N-methyl/N-ethyl adjacent to an activating group) is 1. The number of benzene rings is 2. The summed E-state index contributed by atoms with van der Waals surface area (Å²) >= 11 is 6.07. The van der Waals surface area contributed by atoms with Crippen molar-refractivity contribution in [3.63, 3.8) is 0 Å². The van der Waals surface area contributed by atoms with Crippen LogP contribution in [0.2, 0.25) is 5.02 Å². The van der Waals surface area contributed by atoms with Crippen LogP contribution in [0.4, 0.5) is 4.39 Å². The molecule has 130 valence electrons. The van der Waals surface area contributed by atoms with Gasteiger partial charge in [0.1, 0.15) is 11.6 Å². The monoisotopic (exact) mass is 361 g/mol. The van der Waals surface area contributed by atoms with Crippen LogP contribution in [0.15, 0.2) is 42.5 Å². The van der Waals surface area contributed by atoms with E-state index in [1.807, 2.05) is 18.2 Å². The zero-order valence-corrected chi connectivity index (χ0v) is 14.4. The first-order chi connectivity index (χ1) is 12.0. The molecule has 0 radical (unpaired) electrons. The summed E-state index contributed by atoms with van der Waals surface area (Å²) in [6.45, 7) is 0.644. The van der Waals surface area contributed by atoms with E-state index in [0.717, 1.165) is 5.56 Å². The van der Waals surface area contributed by atoms with E-state index in [9.17, 15) is 9.18 Å². The number of carbonyl (C=O) groups is 1. The quantitative estimate of drug-likeness (QED) is 0.772. The van der Waals surface area contributed by atoms with Crippen LogP contribution in [-0.2, 0) is 22.7 Å². The van der Waals surface area contributed by atoms with E-state index in [0.29, 0.717) is 28.5 Å². The van der Waals surface area contributed by atoms with Crippen molar-refractivity contribution in [2.24, 2.45) is 0 Å². The lowest BCUT2D eigenvalue weighted by molar-refractivity contribution is -0.125. The lowest BCUT2D eigenvalue weighted by atomic mass is 10.1. The second-order valence-corrected chi connectivity index (χ2v) is 6.12. The second-order valence-electron chi connectivity index (χ2n) is 5.71. The zero-order chi connectivity index (χ0) is 17.8. The van der Waals surface area contributed by atoms with Gasteiger partial charge in [-0.25, -0.2) is 4.39 Å². The van der Waals surface area contributed by atoms with Gasteiger partial charge in [0.25, 0.3) is 0 Å². The highest BCUT2D eigenvalue weighted by Gasteiger charge is 2.19. The fourth-order valence-electron chi connectivity index (χ4n) is 2.61. The third kappa shape index (κ3) is 4.18. The Morgan fingerprint density at radius 1 is 1.36 bits per heavy atom. The van der Waals surface area contributed by atoms with Gasteiger partial charge in [-0.1, -0.05) is 29.8 Å². The van der Waals surface area contributed by atoms with Crippen molar-refractivity contribution in [1.82, 2.24) is 4.90 Å². The second kappa shape index (κ2) is 7.68. The molecule has 0 spiro atoms. The summed E-state index contributed by atoms with van der Waals surface area (Å²) < 4.78 is 24.4. The van der Waals surface area contributed by atoms with Crippen molar-refractivity contribution < 1.29 is 18.7 Å². The molecule has 0 fully saturated rings. The smallest absolute Gasteiger partial charge is 0.246 e. The number of hydrogen-bond donors (Lipinski definition) is 0. The van der Waals surface area contributed by atoms with Gasteiger partial charge in [0.15, 0.2) is 6.79 Å². The molecular weight excluding hydrogens is 345 g/mol. The Labute approximate surface area is 150 Å². The third-order valence-electron chi connectivity index (χ3n) is 3.85. The van der Waals surface area contributed by atoms with E-state index in [2.05, 4.69) is 0 Å². The molecule has 0 saturated heterocycles. The van der Waals surface area contributed by atoms with Crippen LogP contribution in [0.3, 0.4) is 0 Å². The molecule has 1 aliphatic heterocycles. The van der Waals surface area contributed by atoms with Gasteiger partial charge < -0.3 is 14.4 Å². The summed E-state index contributed by atoms with van der Waals surface area (Å²) in [4.78, 5) is 13.8. The Bertz CT molecular complexity index is 822. The lowest BCUT2D eigenvalue weighted by Crippen LogP contribution is -2.25. The predicted molar refractivity (Wildman–Crippen MR) is 93.6 cm³/mol. The van der Waals surface area contributed by atoms with Gasteiger partial charge in [0.05, 0.1) is 6.61 Å². The van der Waals surface area contributed by atoms with Gasteiger partial charge in [-0.15, -0.1) is 0 Å². The van der Waals surface area contributed by atoms with Crippen molar-refractivity contribution in [2.45, 2.75) is 13.2 Å². The average molecular weight is 362 g/mol. The summed E-state index contributed by atoms with van der Waals surface area (Å²) in [5.41, 5.74) is 2.02. The normalized spacial score (nSPS) is 13.4. The van der Waals surface area contributed by atoms with Crippen LogP contribution >= 0.6 is 11.6 Å². The number of ether oxygens (including phenoxy) is 2. The molecule has 0 saturated carbocycles. The molecule has 0 unspecified atom stereocenters. The molecule has 1 aliphatic rings. The number of hydrogen-bond acceptors (Lipinski definition) is 3. The van der Waals surface area contributed by atoms with Crippen LogP contribution in [0.1, 0.15) is 16.7 Å². The zero-order valence-electron chi connectivity index (χ0n) is 13.7. The largest absolute Gasteiger partial charge is 0.467 e. The predicted octanol–water partition coefficient (Wildman–Crippen LogP) is 4.02. The number of nitrogens with zero attached hydrogens (tertiary/aromatic N) is 1. The minimum atomic E-state index is -0.379. The lowest BCUT2D eigenvalue weighted by Gasteiger charge is -2.23. The molecule has 3 rings (SSSR count). The third-order valence-corrected chi connectivity index (χ3v) is 4.19. The Morgan fingerprint density at radius 3 is 2.96 bits per heavy atom. The first kappa shape index (κ1) is 17.5. The fourth-order valence-corrected chi connectivity index (χ4v) is 2.80. The molecule has 0 aliphatic carbocycles. The van der Waals surface area contributed by atoms with Crippen molar-refractivity contribution >= 4 is 23.6 Å². The molecular formula is C19H17ClFNO3.